The maximum atomic E-state index is 13.1. The number of halogens is 3. The number of esters is 1. The van der Waals surface area contributed by atoms with Gasteiger partial charge < -0.3 is 4.74 Å². The Balaban J connectivity index is 2.24. The number of nitrogens with zero attached hydrogens (tertiary/aromatic N) is 1. The minimum Gasteiger partial charge on any atom is -0.444 e. The van der Waals surface area contributed by atoms with E-state index >= 15 is 0 Å². The molecule has 0 bridgehead atoms. The van der Waals surface area contributed by atoms with Crippen molar-refractivity contribution in [1.29, 1.82) is 5.26 Å². The number of ether oxygens (including phenoxy) is 1. The highest BCUT2D eigenvalue weighted by atomic mass is 19.4. The van der Waals surface area contributed by atoms with E-state index in [1.54, 1.807) is 6.07 Å². The zero-order valence-corrected chi connectivity index (χ0v) is 11.2. The Kier molecular flexibility index (Phi) is 4.47. The Hall–Kier alpha value is -2.81. The van der Waals surface area contributed by atoms with E-state index in [0.717, 1.165) is 0 Å². The summed E-state index contributed by atoms with van der Waals surface area (Å²) >= 11 is 0. The smallest absolute Gasteiger partial charge is 0.429 e. The number of hydrogen-bond donors (Lipinski definition) is 0. The highest BCUT2D eigenvalue weighted by Gasteiger charge is 2.44. The van der Waals surface area contributed by atoms with E-state index in [0.29, 0.717) is 5.56 Å². The molecule has 22 heavy (non-hydrogen) atoms. The molecule has 0 radical (unpaired) electrons. The Morgan fingerprint density at radius 1 is 1.05 bits per heavy atom. The minimum atomic E-state index is -4.72. The Morgan fingerprint density at radius 3 is 2.14 bits per heavy atom. The number of hydrogen-bond acceptors (Lipinski definition) is 3. The molecule has 0 heterocycles. The summed E-state index contributed by atoms with van der Waals surface area (Å²) in [5.41, 5.74) is 0.0909. The summed E-state index contributed by atoms with van der Waals surface area (Å²) in [6, 6.07) is 13.9. The van der Waals surface area contributed by atoms with Gasteiger partial charge in [-0.15, -0.1) is 0 Å². The van der Waals surface area contributed by atoms with E-state index in [1.165, 1.54) is 48.5 Å². The highest BCUT2D eigenvalue weighted by Crippen LogP contribution is 2.36. The van der Waals surface area contributed by atoms with E-state index in [4.69, 9.17) is 5.26 Å². The SMILES string of the molecule is N#Cc1ccc(C(=O)OC(c2ccccc2)C(F)(F)F)cc1. The molecule has 0 saturated heterocycles. The van der Waals surface area contributed by atoms with E-state index in [1.807, 2.05) is 6.07 Å². The van der Waals surface area contributed by atoms with Crippen molar-refractivity contribution in [3.63, 3.8) is 0 Å². The molecule has 0 saturated carbocycles. The van der Waals surface area contributed by atoms with Crippen LogP contribution in [0.4, 0.5) is 13.2 Å². The molecule has 2 aromatic rings. The maximum absolute atomic E-state index is 13.1. The number of rotatable bonds is 3. The fraction of sp³-hybridized carbons (Fsp3) is 0.125. The number of alkyl halides is 3. The average molecular weight is 305 g/mol. The first kappa shape index (κ1) is 15.6. The van der Waals surface area contributed by atoms with E-state index in [2.05, 4.69) is 4.74 Å². The third-order valence-electron chi connectivity index (χ3n) is 2.87. The molecule has 3 nitrogen and oxygen atoms in total. The third-order valence-corrected chi connectivity index (χ3v) is 2.87. The first-order chi connectivity index (χ1) is 10.4. The fourth-order valence-electron chi connectivity index (χ4n) is 1.81. The molecule has 0 aliphatic carbocycles. The highest BCUT2D eigenvalue weighted by molar-refractivity contribution is 5.89. The lowest BCUT2D eigenvalue weighted by molar-refractivity contribution is -0.207. The molecule has 6 heteroatoms. The molecule has 0 N–H and O–H groups in total. The topological polar surface area (TPSA) is 50.1 Å². The van der Waals surface area contributed by atoms with E-state index < -0.39 is 18.2 Å². The van der Waals surface area contributed by atoms with Crippen LogP contribution in [0.3, 0.4) is 0 Å². The van der Waals surface area contributed by atoms with Crippen LogP contribution >= 0.6 is 0 Å². The third kappa shape index (κ3) is 3.64. The van der Waals surface area contributed by atoms with Gasteiger partial charge in [-0.1, -0.05) is 30.3 Å². The number of carbonyl (C=O) groups excluding carboxylic acids is 1. The van der Waals surface area contributed by atoms with Crippen LogP contribution in [0, 0.1) is 11.3 Å². The summed E-state index contributed by atoms with van der Waals surface area (Å²) < 4.78 is 43.9. The van der Waals surface area contributed by atoms with Gasteiger partial charge >= 0.3 is 12.1 Å². The molecule has 0 amide bonds. The number of nitriles is 1. The van der Waals surface area contributed by atoms with Gasteiger partial charge in [0, 0.05) is 5.56 Å². The van der Waals surface area contributed by atoms with Crippen molar-refractivity contribution in [3.8, 4) is 6.07 Å². The van der Waals surface area contributed by atoms with Crippen molar-refractivity contribution in [2.75, 3.05) is 0 Å². The van der Waals surface area contributed by atoms with Crippen LogP contribution in [-0.2, 0) is 4.74 Å². The molecule has 112 valence electrons. The van der Waals surface area contributed by atoms with Crippen molar-refractivity contribution in [2.24, 2.45) is 0 Å². The molecule has 0 aliphatic rings. The molecule has 0 fully saturated rings. The van der Waals surface area contributed by atoms with Crippen molar-refractivity contribution in [1.82, 2.24) is 0 Å². The summed E-state index contributed by atoms with van der Waals surface area (Å²) in [5, 5.41) is 8.65. The van der Waals surface area contributed by atoms with Crippen LogP contribution in [0.1, 0.15) is 27.6 Å². The maximum Gasteiger partial charge on any atom is 0.429 e. The Morgan fingerprint density at radius 2 is 1.64 bits per heavy atom. The lowest BCUT2D eigenvalue weighted by atomic mass is 10.1. The summed E-state index contributed by atoms with van der Waals surface area (Å²) in [5.74, 6) is -1.10. The van der Waals surface area contributed by atoms with Gasteiger partial charge in [-0.25, -0.2) is 4.79 Å². The molecular weight excluding hydrogens is 295 g/mol. The second-order valence-corrected chi connectivity index (χ2v) is 4.43. The molecule has 1 unspecified atom stereocenters. The van der Waals surface area contributed by atoms with Gasteiger partial charge in [0.15, 0.2) is 0 Å². The van der Waals surface area contributed by atoms with Gasteiger partial charge in [0.2, 0.25) is 6.10 Å². The van der Waals surface area contributed by atoms with Gasteiger partial charge in [-0.05, 0) is 24.3 Å². The standard InChI is InChI=1S/C16H10F3NO2/c17-16(18,19)14(12-4-2-1-3-5-12)22-15(21)13-8-6-11(10-20)7-9-13/h1-9,14H. The van der Waals surface area contributed by atoms with E-state index in [-0.39, 0.29) is 11.1 Å². The van der Waals surface area contributed by atoms with Crippen LogP contribution in [0.2, 0.25) is 0 Å². The first-order valence-corrected chi connectivity index (χ1v) is 6.24. The first-order valence-electron chi connectivity index (χ1n) is 6.24. The normalized spacial score (nSPS) is 12.3. The Labute approximate surface area is 124 Å². The number of carbonyl (C=O) groups is 1. The van der Waals surface area contributed by atoms with E-state index in [9.17, 15) is 18.0 Å². The van der Waals surface area contributed by atoms with Gasteiger partial charge in [0.05, 0.1) is 17.2 Å². The molecular formula is C16H10F3NO2. The van der Waals surface area contributed by atoms with Gasteiger partial charge in [0.25, 0.3) is 0 Å². The predicted molar refractivity (Wildman–Crippen MR) is 71.8 cm³/mol. The minimum absolute atomic E-state index is 0.0517. The molecule has 0 aliphatic heterocycles. The molecule has 2 rings (SSSR count). The van der Waals surface area contributed by atoms with Gasteiger partial charge in [0.1, 0.15) is 0 Å². The second kappa shape index (κ2) is 6.31. The summed E-state index contributed by atoms with van der Waals surface area (Å²) in [6.45, 7) is 0. The van der Waals surface area contributed by atoms with Crippen molar-refractivity contribution in [3.05, 3.63) is 71.3 Å². The van der Waals surface area contributed by atoms with Crippen molar-refractivity contribution >= 4 is 5.97 Å². The predicted octanol–water partition coefficient (Wildman–Crippen LogP) is 4.02. The Bertz CT molecular complexity index is 688. The molecule has 2 aromatic carbocycles. The zero-order valence-electron chi connectivity index (χ0n) is 11.2. The molecule has 0 spiro atoms. The van der Waals surface area contributed by atoms with Crippen LogP contribution in [0.25, 0.3) is 0 Å². The van der Waals surface area contributed by atoms with Crippen molar-refractivity contribution < 1.29 is 22.7 Å². The molecule has 1 atom stereocenters. The lowest BCUT2D eigenvalue weighted by Crippen LogP contribution is -2.26. The zero-order chi connectivity index (χ0) is 16.2. The van der Waals surface area contributed by atoms with Crippen LogP contribution in [0.15, 0.2) is 54.6 Å². The summed E-state index contributed by atoms with van der Waals surface area (Å²) in [7, 11) is 0. The van der Waals surface area contributed by atoms with Crippen LogP contribution in [0.5, 0.6) is 0 Å². The number of benzene rings is 2. The largest absolute Gasteiger partial charge is 0.444 e. The van der Waals surface area contributed by atoms with Crippen LogP contribution < -0.4 is 0 Å². The quantitative estimate of drug-likeness (QED) is 0.805. The summed E-state index contributed by atoms with van der Waals surface area (Å²) in [4.78, 5) is 11.9. The molecule has 0 aromatic heterocycles. The monoisotopic (exact) mass is 305 g/mol. The second-order valence-electron chi connectivity index (χ2n) is 4.43. The summed E-state index contributed by atoms with van der Waals surface area (Å²) in [6.07, 6.45) is -7.05. The average Bonchev–Trinajstić information content (AvgIpc) is 2.52. The fourth-order valence-corrected chi connectivity index (χ4v) is 1.81. The van der Waals surface area contributed by atoms with Crippen LogP contribution in [-0.4, -0.2) is 12.1 Å². The van der Waals surface area contributed by atoms with Gasteiger partial charge in [-0.3, -0.25) is 0 Å². The van der Waals surface area contributed by atoms with Gasteiger partial charge in [-0.2, -0.15) is 18.4 Å². The van der Waals surface area contributed by atoms with Crippen molar-refractivity contribution in [2.45, 2.75) is 12.3 Å². The lowest BCUT2D eigenvalue weighted by Gasteiger charge is -2.21.